The van der Waals surface area contributed by atoms with Crippen molar-refractivity contribution in [2.75, 3.05) is 11.9 Å². The number of fused-ring (bicyclic) bond motifs is 2. The number of aliphatic hydroxyl groups excluding tert-OH is 1. The third-order valence-corrected chi connectivity index (χ3v) is 3.48. The average molecular weight is 246 g/mol. The van der Waals surface area contributed by atoms with E-state index in [1.807, 2.05) is 49.5 Å². The van der Waals surface area contributed by atoms with Crippen molar-refractivity contribution in [2.45, 2.75) is 6.10 Å². The van der Waals surface area contributed by atoms with Gasteiger partial charge in [0.05, 0.1) is 0 Å². The van der Waals surface area contributed by atoms with Crippen LogP contribution in [0.15, 0.2) is 42.5 Å². The molecule has 2 nitrogen and oxygen atoms in total. The summed E-state index contributed by atoms with van der Waals surface area (Å²) in [6.45, 7) is 0. The maximum atomic E-state index is 10.4. The second-order valence-corrected chi connectivity index (χ2v) is 4.66. The molecule has 86 valence electrons. The summed E-state index contributed by atoms with van der Waals surface area (Å²) in [5.41, 5.74) is 3.82. The minimum Gasteiger partial charge on any atom is -0.383 e. The standard InChI is InChI=1S/C14H12ClNO/c1-16-12-5-3-2-4-10(12)14(17)11-7-6-9(15)8-13(11)16/h2-8,14,17H,1H3. The molecule has 2 aromatic rings. The topological polar surface area (TPSA) is 23.5 Å². The smallest absolute Gasteiger partial charge is 0.108 e. The summed E-state index contributed by atoms with van der Waals surface area (Å²) < 4.78 is 0. The van der Waals surface area contributed by atoms with E-state index in [-0.39, 0.29) is 0 Å². The van der Waals surface area contributed by atoms with Gasteiger partial charge in [-0.05, 0) is 18.2 Å². The highest BCUT2D eigenvalue weighted by atomic mass is 35.5. The maximum Gasteiger partial charge on any atom is 0.108 e. The second kappa shape index (κ2) is 3.76. The van der Waals surface area contributed by atoms with Crippen LogP contribution >= 0.6 is 11.6 Å². The van der Waals surface area contributed by atoms with Crippen LogP contribution in [0.25, 0.3) is 0 Å². The van der Waals surface area contributed by atoms with Crippen LogP contribution < -0.4 is 4.90 Å². The number of aliphatic hydroxyl groups is 1. The number of hydrogen-bond acceptors (Lipinski definition) is 2. The van der Waals surface area contributed by atoms with Crippen LogP contribution in [0.2, 0.25) is 5.02 Å². The van der Waals surface area contributed by atoms with Crippen LogP contribution in [0.4, 0.5) is 11.4 Å². The number of benzene rings is 2. The number of hydrogen-bond donors (Lipinski definition) is 1. The summed E-state index contributed by atoms with van der Waals surface area (Å²) in [7, 11) is 1.99. The van der Waals surface area contributed by atoms with Gasteiger partial charge >= 0.3 is 0 Å². The highest BCUT2D eigenvalue weighted by molar-refractivity contribution is 6.30. The maximum absolute atomic E-state index is 10.4. The van der Waals surface area contributed by atoms with Crippen molar-refractivity contribution in [1.29, 1.82) is 0 Å². The van der Waals surface area contributed by atoms with Crippen LogP contribution in [0.5, 0.6) is 0 Å². The molecular formula is C14H12ClNO. The van der Waals surface area contributed by atoms with E-state index in [2.05, 4.69) is 4.90 Å². The van der Waals surface area contributed by atoms with Gasteiger partial charge in [-0.25, -0.2) is 0 Å². The first-order chi connectivity index (χ1) is 8.18. The Kier molecular flexibility index (Phi) is 2.35. The molecule has 0 amide bonds. The molecule has 0 bridgehead atoms. The van der Waals surface area contributed by atoms with Gasteiger partial charge in [0.2, 0.25) is 0 Å². The van der Waals surface area contributed by atoms with E-state index < -0.39 is 6.10 Å². The van der Waals surface area contributed by atoms with E-state index in [4.69, 9.17) is 11.6 Å². The number of nitrogens with zero attached hydrogens (tertiary/aromatic N) is 1. The van der Waals surface area contributed by atoms with E-state index in [1.165, 1.54) is 0 Å². The molecule has 3 heteroatoms. The number of halogens is 1. The zero-order valence-electron chi connectivity index (χ0n) is 9.39. The monoisotopic (exact) mass is 245 g/mol. The molecule has 0 fully saturated rings. The minimum absolute atomic E-state index is 0.574. The highest BCUT2D eigenvalue weighted by Gasteiger charge is 2.26. The lowest BCUT2D eigenvalue weighted by atomic mass is 9.93. The molecule has 0 spiro atoms. The molecule has 3 rings (SSSR count). The first-order valence-corrected chi connectivity index (χ1v) is 5.86. The molecule has 0 aromatic heterocycles. The van der Waals surface area contributed by atoms with Gasteiger partial charge in [-0.2, -0.15) is 0 Å². The van der Waals surface area contributed by atoms with Gasteiger partial charge in [0, 0.05) is 34.6 Å². The normalized spacial score (nSPS) is 17.6. The molecule has 0 aliphatic carbocycles. The molecule has 0 radical (unpaired) electrons. The van der Waals surface area contributed by atoms with Gasteiger partial charge in [-0.15, -0.1) is 0 Å². The molecular weight excluding hydrogens is 234 g/mol. The molecule has 1 aliphatic heterocycles. The van der Waals surface area contributed by atoms with Gasteiger partial charge in [0.25, 0.3) is 0 Å². The lowest BCUT2D eigenvalue weighted by Gasteiger charge is -2.33. The molecule has 1 aliphatic rings. The van der Waals surface area contributed by atoms with Gasteiger partial charge in [0.1, 0.15) is 6.10 Å². The fourth-order valence-corrected chi connectivity index (χ4v) is 2.53. The lowest BCUT2D eigenvalue weighted by molar-refractivity contribution is 0.219. The highest BCUT2D eigenvalue weighted by Crippen LogP contribution is 2.43. The fourth-order valence-electron chi connectivity index (χ4n) is 2.36. The Morgan fingerprint density at radius 1 is 1.06 bits per heavy atom. The predicted molar refractivity (Wildman–Crippen MR) is 70.0 cm³/mol. The van der Waals surface area contributed by atoms with Crippen molar-refractivity contribution in [3.05, 3.63) is 58.6 Å². The van der Waals surface area contributed by atoms with Crippen LogP contribution in [0.3, 0.4) is 0 Å². The summed E-state index contributed by atoms with van der Waals surface area (Å²) in [6.07, 6.45) is -0.574. The van der Waals surface area contributed by atoms with E-state index >= 15 is 0 Å². The molecule has 2 aromatic carbocycles. The zero-order chi connectivity index (χ0) is 12.0. The predicted octanol–water partition coefficient (Wildman–Crippen LogP) is 3.50. The van der Waals surface area contributed by atoms with Crippen molar-refractivity contribution in [3.63, 3.8) is 0 Å². The van der Waals surface area contributed by atoms with Gasteiger partial charge in [-0.1, -0.05) is 35.9 Å². The quantitative estimate of drug-likeness (QED) is 0.768. The second-order valence-electron chi connectivity index (χ2n) is 4.22. The molecule has 0 saturated heterocycles. The summed E-state index contributed by atoms with van der Waals surface area (Å²) in [6, 6.07) is 13.4. The summed E-state index contributed by atoms with van der Waals surface area (Å²) in [5, 5.41) is 11.0. The SMILES string of the molecule is CN1c2ccccc2C(O)c2ccc(Cl)cc21. The Balaban J connectivity index is 2.25. The lowest BCUT2D eigenvalue weighted by Crippen LogP contribution is -2.21. The Morgan fingerprint density at radius 2 is 1.76 bits per heavy atom. The summed E-state index contributed by atoms with van der Waals surface area (Å²) in [4.78, 5) is 2.06. The van der Waals surface area contributed by atoms with Gasteiger partial charge in [0.15, 0.2) is 0 Å². The van der Waals surface area contributed by atoms with Crippen molar-refractivity contribution in [1.82, 2.24) is 0 Å². The van der Waals surface area contributed by atoms with Crippen molar-refractivity contribution in [2.24, 2.45) is 0 Å². The van der Waals surface area contributed by atoms with E-state index in [0.29, 0.717) is 5.02 Å². The van der Waals surface area contributed by atoms with Crippen molar-refractivity contribution < 1.29 is 5.11 Å². The summed E-state index contributed by atoms with van der Waals surface area (Å²) >= 11 is 6.01. The zero-order valence-corrected chi connectivity index (χ0v) is 10.1. The number of rotatable bonds is 0. The van der Waals surface area contributed by atoms with Gasteiger partial charge in [-0.3, -0.25) is 0 Å². The average Bonchev–Trinajstić information content (AvgIpc) is 2.36. The Morgan fingerprint density at radius 3 is 2.59 bits per heavy atom. The molecule has 1 atom stereocenters. The largest absolute Gasteiger partial charge is 0.383 e. The Bertz CT molecular complexity index is 582. The van der Waals surface area contributed by atoms with Crippen molar-refractivity contribution in [3.8, 4) is 0 Å². The van der Waals surface area contributed by atoms with Crippen molar-refractivity contribution >= 4 is 23.0 Å². The van der Waals surface area contributed by atoms with E-state index in [1.54, 1.807) is 0 Å². The van der Waals surface area contributed by atoms with E-state index in [0.717, 1.165) is 22.5 Å². The molecule has 1 unspecified atom stereocenters. The Labute approximate surface area is 105 Å². The number of anilines is 2. The van der Waals surface area contributed by atoms with Gasteiger partial charge < -0.3 is 10.0 Å². The molecule has 17 heavy (non-hydrogen) atoms. The fraction of sp³-hybridized carbons (Fsp3) is 0.143. The van der Waals surface area contributed by atoms with Crippen LogP contribution in [-0.2, 0) is 0 Å². The number of para-hydroxylation sites is 1. The first kappa shape index (κ1) is 10.6. The first-order valence-electron chi connectivity index (χ1n) is 5.48. The molecule has 1 heterocycles. The minimum atomic E-state index is -0.574. The Hall–Kier alpha value is -1.51. The molecule has 0 saturated carbocycles. The van der Waals surface area contributed by atoms with E-state index in [9.17, 15) is 5.11 Å². The van der Waals surface area contributed by atoms with Crippen LogP contribution in [-0.4, -0.2) is 12.2 Å². The third kappa shape index (κ3) is 1.53. The summed E-state index contributed by atoms with van der Waals surface area (Å²) in [5.74, 6) is 0. The molecule has 1 N–H and O–H groups in total. The van der Waals surface area contributed by atoms with Crippen LogP contribution in [0, 0.1) is 0 Å². The third-order valence-electron chi connectivity index (χ3n) is 3.24. The van der Waals surface area contributed by atoms with Crippen LogP contribution in [0.1, 0.15) is 17.2 Å².